The maximum Gasteiger partial charge on any atom is 0.573 e. The summed E-state index contributed by atoms with van der Waals surface area (Å²) in [5, 5.41) is 3.13. The van der Waals surface area contributed by atoms with E-state index in [1.807, 2.05) is 0 Å². The summed E-state index contributed by atoms with van der Waals surface area (Å²) in [6, 6.07) is 5.44. The van der Waals surface area contributed by atoms with E-state index in [4.69, 9.17) is 23.2 Å². The van der Waals surface area contributed by atoms with E-state index in [2.05, 4.69) is 10.1 Å². The van der Waals surface area contributed by atoms with Crippen molar-refractivity contribution >= 4 is 28.9 Å². The lowest BCUT2D eigenvalue weighted by molar-refractivity contribution is -0.274. The molecule has 1 N–H and O–H groups in total. The summed E-state index contributed by atoms with van der Waals surface area (Å²) in [6.45, 7) is 0.223. The Bertz CT molecular complexity index is 407. The zero-order valence-electron chi connectivity index (χ0n) is 8.39. The van der Waals surface area contributed by atoms with Crippen molar-refractivity contribution in [2.45, 2.75) is 6.36 Å². The van der Waals surface area contributed by atoms with Crippen LogP contribution < -0.4 is 10.1 Å². The molecule has 0 aliphatic carbocycles. The molecule has 0 amide bonds. The topological polar surface area (TPSA) is 21.3 Å². The Balaban J connectivity index is 2.66. The van der Waals surface area contributed by atoms with Crippen LogP contribution in [0.25, 0.3) is 0 Å². The van der Waals surface area contributed by atoms with Crippen molar-refractivity contribution in [2.24, 2.45) is 0 Å². The maximum absolute atomic E-state index is 12.0. The van der Waals surface area contributed by atoms with Gasteiger partial charge in [0.15, 0.2) is 0 Å². The van der Waals surface area contributed by atoms with Gasteiger partial charge in [0.2, 0.25) is 0 Å². The first-order valence-corrected chi connectivity index (χ1v) is 5.26. The number of benzene rings is 1. The van der Waals surface area contributed by atoms with Crippen molar-refractivity contribution in [3.8, 4) is 5.75 Å². The average molecular weight is 286 g/mol. The average Bonchev–Trinajstić information content (AvgIpc) is 2.24. The summed E-state index contributed by atoms with van der Waals surface area (Å²) in [4.78, 5) is 0. The highest BCUT2D eigenvalue weighted by Crippen LogP contribution is 2.25. The van der Waals surface area contributed by atoms with Gasteiger partial charge in [-0.2, -0.15) is 0 Å². The third-order valence-corrected chi connectivity index (χ3v) is 2.27. The molecule has 0 fully saturated rings. The van der Waals surface area contributed by atoms with Crippen molar-refractivity contribution in [3.63, 3.8) is 0 Å². The number of hydrogen-bond acceptors (Lipinski definition) is 2. The molecule has 0 spiro atoms. The quantitative estimate of drug-likeness (QED) is 0.890. The van der Waals surface area contributed by atoms with E-state index >= 15 is 0 Å². The van der Waals surface area contributed by atoms with Crippen LogP contribution in [0.4, 0.5) is 18.9 Å². The van der Waals surface area contributed by atoms with Crippen LogP contribution >= 0.6 is 23.2 Å². The molecule has 0 atom stereocenters. The SMILES string of the molecule is FC(F)(F)Oc1cccc(NCC(Cl)=CCl)c1. The van der Waals surface area contributed by atoms with Gasteiger partial charge >= 0.3 is 6.36 Å². The van der Waals surface area contributed by atoms with E-state index < -0.39 is 6.36 Å². The molecule has 94 valence electrons. The third-order valence-electron chi connectivity index (χ3n) is 1.65. The van der Waals surface area contributed by atoms with Crippen LogP contribution in [0.5, 0.6) is 5.75 Å². The number of rotatable bonds is 4. The molecule has 0 bridgehead atoms. The number of nitrogens with one attached hydrogen (secondary N) is 1. The second kappa shape index (κ2) is 6.02. The van der Waals surface area contributed by atoms with E-state index in [1.165, 1.54) is 23.7 Å². The first-order valence-electron chi connectivity index (χ1n) is 4.45. The van der Waals surface area contributed by atoms with Gasteiger partial charge in [-0.05, 0) is 12.1 Å². The second-order valence-corrected chi connectivity index (χ2v) is 3.69. The summed E-state index contributed by atoms with van der Waals surface area (Å²) in [5.74, 6) is -0.298. The van der Waals surface area contributed by atoms with Crippen LogP contribution in [0.3, 0.4) is 0 Å². The van der Waals surface area contributed by atoms with Gasteiger partial charge in [0.05, 0.1) is 6.54 Å². The predicted molar refractivity (Wildman–Crippen MR) is 61.4 cm³/mol. The van der Waals surface area contributed by atoms with Gasteiger partial charge in [0.25, 0.3) is 0 Å². The first-order chi connectivity index (χ1) is 7.90. The standard InChI is InChI=1S/C10H8Cl2F3NO/c11-5-7(12)6-16-8-2-1-3-9(4-8)17-10(13,14)15/h1-5,16H,6H2. The van der Waals surface area contributed by atoms with Crippen LogP contribution in [0, 0.1) is 0 Å². The highest BCUT2D eigenvalue weighted by atomic mass is 35.5. The van der Waals surface area contributed by atoms with E-state index in [1.54, 1.807) is 6.07 Å². The maximum atomic E-state index is 12.0. The fourth-order valence-electron chi connectivity index (χ4n) is 1.03. The summed E-state index contributed by atoms with van der Waals surface area (Å²) in [5.41, 5.74) is 1.62. The Labute approximate surface area is 106 Å². The molecular formula is C10H8Cl2F3NO. The molecule has 2 nitrogen and oxygen atoms in total. The zero-order chi connectivity index (χ0) is 12.9. The van der Waals surface area contributed by atoms with Crippen LogP contribution in [-0.2, 0) is 0 Å². The van der Waals surface area contributed by atoms with Gasteiger partial charge in [-0.1, -0.05) is 29.3 Å². The lowest BCUT2D eigenvalue weighted by Gasteiger charge is -2.10. The molecule has 1 rings (SSSR count). The number of halogens is 5. The van der Waals surface area contributed by atoms with Crippen molar-refractivity contribution in [2.75, 3.05) is 11.9 Å². The minimum atomic E-state index is -4.70. The number of anilines is 1. The first kappa shape index (κ1) is 14.0. The summed E-state index contributed by atoms with van der Waals surface area (Å²) < 4.78 is 39.6. The second-order valence-electron chi connectivity index (χ2n) is 2.99. The molecule has 0 heterocycles. The normalized spacial score (nSPS) is 12.4. The Morgan fingerprint density at radius 3 is 2.71 bits per heavy atom. The molecule has 0 saturated carbocycles. The molecule has 0 aromatic heterocycles. The van der Waals surface area contributed by atoms with Gasteiger partial charge in [0.1, 0.15) is 5.75 Å². The summed E-state index contributed by atoms with van der Waals surface area (Å²) in [6.07, 6.45) is -4.70. The van der Waals surface area contributed by atoms with Gasteiger partial charge in [-0.3, -0.25) is 0 Å². The number of hydrogen-bond donors (Lipinski definition) is 1. The molecule has 1 aromatic carbocycles. The van der Waals surface area contributed by atoms with Crippen LogP contribution in [-0.4, -0.2) is 12.9 Å². The van der Waals surface area contributed by atoms with E-state index in [0.717, 1.165) is 0 Å². The fraction of sp³-hybridized carbons (Fsp3) is 0.200. The number of ether oxygens (including phenoxy) is 1. The van der Waals surface area contributed by atoms with E-state index in [9.17, 15) is 13.2 Å². The van der Waals surface area contributed by atoms with Gasteiger partial charge in [0, 0.05) is 22.3 Å². The molecule has 0 aliphatic rings. The molecule has 0 aliphatic heterocycles. The molecule has 0 unspecified atom stereocenters. The summed E-state index contributed by atoms with van der Waals surface area (Å²) in [7, 11) is 0. The largest absolute Gasteiger partial charge is 0.573 e. The van der Waals surface area contributed by atoms with Crippen molar-refractivity contribution in [1.82, 2.24) is 0 Å². The van der Waals surface area contributed by atoms with Crippen LogP contribution in [0.1, 0.15) is 0 Å². The fourth-order valence-corrected chi connectivity index (χ4v) is 1.17. The minimum Gasteiger partial charge on any atom is -0.406 e. The molecular weight excluding hydrogens is 278 g/mol. The van der Waals surface area contributed by atoms with Crippen molar-refractivity contribution in [3.05, 3.63) is 34.8 Å². The molecule has 1 aromatic rings. The van der Waals surface area contributed by atoms with Crippen molar-refractivity contribution < 1.29 is 17.9 Å². The Morgan fingerprint density at radius 1 is 1.41 bits per heavy atom. The van der Waals surface area contributed by atoms with Gasteiger partial charge < -0.3 is 10.1 Å². The molecule has 0 saturated heterocycles. The van der Waals surface area contributed by atoms with E-state index in [0.29, 0.717) is 10.7 Å². The molecule has 0 radical (unpaired) electrons. The van der Waals surface area contributed by atoms with Crippen molar-refractivity contribution in [1.29, 1.82) is 0 Å². The Hall–Kier alpha value is -1.07. The lowest BCUT2D eigenvalue weighted by atomic mass is 10.3. The Kier molecular flexibility index (Phi) is 4.96. The zero-order valence-corrected chi connectivity index (χ0v) is 9.90. The molecule has 7 heteroatoms. The Morgan fingerprint density at radius 2 is 2.12 bits per heavy atom. The van der Waals surface area contributed by atoms with Crippen LogP contribution in [0.2, 0.25) is 0 Å². The summed E-state index contributed by atoms with van der Waals surface area (Å²) >= 11 is 10.9. The van der Waals surface area contributed by atoms with Gasteiger partial charge in [-0.25, -0.2) is 0 Å². The smallest absolute Gasteiger partial charge is 0.406 e. The number of alkyl halides is 3. The lowest BCUT2D eigenvalue weighted by Crippen LogP contribution is -2.17. The highest BCUT2D eigenvalue weighted by molar-refractivity contribution is 6.36. The molecule has 17 heavy (non-hydrogen) atoms. The minimum absolute atomic E-state index is 0.223. The van der Waals surface area contributed by atoms with E-state index in [-0.39, 0.29) is 12.3 Å². The monoisotopic (exact) mass is 285 g/mol. The highest BCUT2D eigenvalue weighted by Gasteiger charge is 2.31. The van der Waals surface area contributed by atoms with Crippen LogP contribution in [0.15, 0.2) is 34.8 Å². The predicted octanol–water partition coefficient (Wildman–Crippen LogP) is 4.32. The van der Waals surface area contributed by atoms with Gasteiger partial charge in [-0.15, -0.1) is 13.2 Å². The third kappa shape index (κ3) is 5.70.